The zero-order chi connectivity index (χ0) is 11.4. The largest absolute Gasteiger partial charge is 0.483 e. The molecule has 0 bridgehead atoms. The molecule has 4 nitrogen and oxygen atoms in total. The molecule has 1 aromatic carbocycles. The minimum Gasteiger partial charge on any atom is -0.483 e. The fraction of sp³-hybridized carbons (Fsp3) is 0.364. The van der Waals surface area contributed by atoms with Crippen molar-refractivity contribution in [2.75, 3.05) is 19.8 Å². The molecule has 86 valence electrons. The molecule has 5 heteroatoms. The van der Waals surface area contributed by atoms with Crippen molar-refractivity contribution in [2.24, 2.45) is 0 Å². The number of ether oxygens (including phenoxy) is 2. The van der Waals surface area contributed by atoms with Crippen LogP contribution in [0.15, 0.2) is 24.3 Å². The van der Waals surface area contributed by atoms with E-state index < -0.39 is 0 Å². The van der Waals surface area contributed by atoms with E-state index in [0.29, 0.717) is 13.2 Å². The van der Waals surface area contributed by atoms with E-state index in [1.807, 2.05) is 24.3 Å². The van der Waals surface area contributed by atoms with Crippen LogP contribution in [0.5, 0.6) is 5.75 Å². The summed E-state index contributed by atoms with van der Waals surface area (Å²) in [6.07, 6.45) is 0. The topological polar surface area (TPSA) is 47.6 Å². The maximum absolute atomic E-state index is 11.4. The molecule has 2 rings (SSSR count). The van der Waals surface area contributed by atoms with E-state index >= 15 is 0 Å². The van der Waals surface area contributed by atoms with Gasteiger partial charge in [-0.1, -0.05) is 12.1 Å². The Morgan fingerprint density at radius 3 is 2.88 bits per heavy atom. The lowest BCUT2D eigenvalue weighted by Crippen LogP contribution is -2.49. The predicted molar refractivity (Wildman–Crippen MR) is 67.4 cm³/mol. The number of hydrogen-bond acceptors (Lipinski definition) is 3. The average molecular weight is 333 g/mol. The molecule has 1 aromatic rings. The summed E-state index contributed by atoms with van der Waals surface area (Å²) in [5.74, 6) is 0.635. The molecule has 1 amide bonds. The predicted octanol–water partition coefficient (Wildman–Crippen LogP) is 1.19. The van der Waals surface area contributed by atoms with E-state index in [1.54, 1.807) is 0 Å². The molecule has 0 aromatic heterocycles. The highest BCUT2D eigenvalue weighted by Gasteiger charge is 2.20. The number of benzene rings is 1. The molecule has 0 aliphatic carbocycles. The number of para-hydroxylation sites is 1. The monoisotopic (exact) mass is 333 g/mol. The third kappa shape index (κ3) is 3.08. The minimum absolute atomic E-state index is 0.0521. The molecule has 1 fully saturated rings. The summed E-state index contributed by atoms with van der Waals surface area (Å²) in [4.78, 5) is 11.4. The number of amides is 1. The van der Waals surface area contributed by atoms with E-state index in [2.05, 4.69) is 27.9 Å². The number of rotatable bonds is 4. The van der Waals surface area contributed by atoms with Crippen molar-refractivity contribution in [3.8, 4) is 5.75 Å². The van der Waals surface area contributed by atoms with Crippen LogP contribution in [-0.4, -0.2) is 31.8 Å². The summed E-state index contributed by atoms with van der Waals surface area (Å²) < 4.78 is 11.4. The van der Waals surface area contributed by atoms with Gasteiger partial charge in [0.15, 0.2) is 6.61 Å². The summed E-state index contributed by atoms with van der Waals surface area (Å²) in [7, 11) is 0. The Bertz CT molecular complexity index is 379. The van der Waals surface area contributed by atoms with Gasteiger partial charge in [-0.05, 0) is 34.7 Å². The van der Waals surface area contributed by atoms with Gasteiger partial charge in [0.2, 0.25) is 0 Å². The van der Waals surface area contributed by atoms with Crippen molar-refractivity contribution in [3.63, 3.8) is 0 Å². The second-order valence-corrected chi connectivity index (χ2v) is 4.68. The van der Waals surface area contributed by atoms with Gasteiger partial charge >= 0.3 is 0 Å². The van der Waals surface area contributed by atoms with Gasteiger partial charge in [0.1, 0.15) is 5.75 Å². The second-order valence-electron chi connectivity index (χ2n) is 3.52. The van der Waals surface area contributed by atoms with E-state index in [9.17, 15) is 4.79 Å². The zero-order valence-corrected chi connectivity index (χ0v) is 10.8. The highest BCUT2D eigenvalue weighted by molar-refractivity contribution is 14.1. The molecule has 1 saturated heterocycles. The van der Waals surface area contributed by atoms with Gasteiger partial charge in [-0.25, -0.2) is 0 Å². The van der Waals surface area contributed by atoms with Crippen molar-refractivity contribution in [1.82, 2.24) is 5.32 Å². The molecule has 0 radical (unpaired) electrons. The van der Waals surface area contributed by atoms with Crippen molar-refractivity contribution in [3.05, 3.63) is 27.8 Å². The SMILES string of the molecule is O=C(COc1ccccc1I)NC1COC1. The molecule has 1 heterocycles. The van der Waals surface area contributed by atoms with E-state index in [4.69, 9.17) is 9.47 Å². The van der Waals surface area contributed by atoms with Gasteiger partial charge in [-0.2, -0.15) is 0 Å². The van der Waals surface area contributed by atoms with Gasteiger partial charge < -0.3 is 14.8 Å². The summed E-state index contributed by atoms with van der Waals surface area (Å²) >= 11 is 2.17. The lowest BCUT2D eigenvalue weighted by atomic mass is 10.2. The minimum atomic E-state index is -0.104. The van der Waals surface area contributed by atoms with Gasteiger partial charge in [0.05, 0.1) is 22.8 Å². The number of carbonyl (C=O) groups excluding carboxylic acids is 1. The second kappa shape index (κ2) is 5.49. The first-order chi connectivity index (χ1) is 7.75. The van der Waals surface area contributed by atoms with Crippen molar-refractivity contribution >= 4 is 28.5 Å². The smallest absolute Gasteiger partial charge is 0.258 e. The van der Waals surface area contributed by atoms with Crippen molar-refractivity contribution in [1.29, 1.82) is 0 Å². The quantitative estimate of drug-likeness (QED) is 0.842. The Balaban J connectivity index is 1.78. The van der Waals surface area contributed by atoms with E-state index in [-0.39, 0.29) is 18.6 Å². The molecule has 0 unspecified atom stereocenters. The Hall–Kier alpha value is -0.820. The van der Waals surface area contributed by atoms with Crippen molar-refractivity contribution in [2.45, 2.75) is 6.04 Å². The lowest BCUT2D eigenvalue weighted by molar-refractivity contribution is -0.127. The number of carbonyl (C=O) groups is 1. The van der Waals surface area contributed by atoms with Crippen molar-refractivity contribution < 1.29 is 14.3 Å². The zero-order valence-electron chi connectivity index (χ0n) is 8.61. The lowest BCUT2D eigenvalue weighted by Gasteiger charge is -2.26. The maximum Gasteiger partial charge on any atom is 0.258 e. The maximum atomic E-state index is 11.4. The van der Waals surface area contributed by atoms with Gasteiger partial charge in [0.25, 0.3) is 5.91 Å². The average Bonchev–Trinajstić information content (AvgIpc) is 2.22. The van der Waals surface area contributed by atoms with Crippen LogP contribution in [0.25, 0.3) is 0 Å². The van der Waals surface area contributed by atoms with Crippen LogP contribution in [0, 0.1) is 3.57 Å². The Labute approximate surface area is 107 Å². The Morgan fingerprint density at radius 2 is 2.25 bits per heavy atom. The number of nitrogens with one attached hydrogen (secondary N) is 1. The summed E-state index contributed by atoms with van der Waals surface area (Å²) in [5, 5.41) is 2.81. The molecular weight excluding hydrogens is 321 g/mol. The molecule has 0 saturated carbocycles. The van der Waals surface area contributed by atoms with Crippen LogP contribution >= 0.6 is 22.6 Å². The Kier molecular flexibility index (Phi) is 4.00. The number of halogens is 1. The van der Waals surface area contributed by atoms with Crippen LogP contribution < -0.4 is 10.1 Å². The van der Waals surface area contributed by atoms with Crippen LogP contribution in [-0.2, 0) is 9.53 Å². The molecule has 0 atom stereocenters. The third-order valence-corrected chi connectivity index (χ3v) is 3.09. The van der Waals surface area contributed by atoms with E-state index in [0.717, 1.165) is 9.32 Å². The fourth-order valence-corrected chi connectivity index (χ4v) is 1.84. The van der Waals surface area contributed by atoms with Crippen LogP contribution in [0.2, 0.25) is 0 Å². The summed E-state index contributed by atoms with van der Waals surface area (Å²) in [6, 6.07) is 7.76. The van der Waals surface area contributed by atoms with E-state index in [1.165, 1.54) is 0 Å². The first kappa shape index (κ1) is 11.7. The van der Waals surface area contributed by atoms with Crippen LogP contribution in [0.3, 0.4) is 0 Å². The fourth-order valence-electron chi connectivity index (χ4n) is 1.29. The van der Waals surface area contributed by atoms with Crippen LogP contribution in [0.4, 0.5) is 0 Å². The van der Waals surface area contributed by atoms with Crippen LogP contribution in [0.1, 0.15) is 0 Å². The van der Waals surface area contributed by atoms with Gasteiger partial charge in [-0.3, -0.25) is 4.79 Å². The molecule has 1 aliphatic heterocycles. The third-order valence-electron chi connectivity index (χ3n) is 2.20. The summed E-state index contributed by atoms with van der Waals surface area (Å²) in [6.45, 7) is 1.26. The first-order valence-corrected chi connectivity index (χ1v) is 6.08. The molecule has 16 heavy (non-hydrogen) atoms. The molecular formula is C11H12INO3. The number of hydrogen-bond donors (Lipinski definition) is 1. The Morgan fingerprint density at radius 1 is 1.50 bits per heavy atom. The normalized spacial score (nSPS) is 15.3. The first-order valence-electron chi connectivity index (χ1n) is 5.00. The van der Waals surface area contributed by atoms with Gasteiger partial charge in [0, 0.05) is 0 Å². The molecule has 1 aliphatic rings. The standard InChI is InChI=1S/C11H12INO3/c12-9-3-1-2-4-10(9)16-7-11(14)13-8-5-15-6-8/h1-4,8H,5-7H2,(H,13,14). The van der Waals surface area contributed by atoms with Gasteiger partial charge in [-0.15, -0.1) is 0 Å². The highest BCUT2D eigenvalue weighted by atomic mass is 127. The molecule has 0 spiro atoms. The molecule has 1 N–H and O–H groups in total. The summed E-state index contributed by atoms with van der Waals surface area (Å²) in [5.41, 5.74) is 0. The highest BCUT2D eigenvalue weighted by Crippen LogP contribution is 2.19.